The molecule has 0 saturated heterocycles. The van der Waals surface area contributed by atoms with E-state index in [1.165, 1.54) is 0 Å². The molecule has 1 amide bonds. The number of nitrogens with one attached hydrogen (secondary N) is 1. The molecule has 2 rings (SSSR count). The second-order valence-corrected chi connectivity index (χ2v) is 5.31. The van der Waals surface area contributed by atoms with Gasteiger partial charge in [-0.2, -0.15) is 4.98 Å². The van der Waals surface area contributed by atoms with Crippen LogP contribution in [0.2, 0.25) is 0 Å². The lowest BCUT2D eigenvalue weighted by Gasteiger charge is -2.11. The van der Waals surface area contributed by atoms with Crippen molar-refractivity contribution in [2.75, 3.05) is 6.54 Å². The van der Waals surface area contributed by atoms with Gasteiger partial charge in [-0.3, -0.25) is 9.78 Å². The lowest BCUT2D eigenvalue weighted by molar-refractivity contribution is -0.121. The van der Waals surface area contributed by atoms with E-state index in [4.69, 9.17) is 4.52 Å². The third-order valence-corrected chi connectivity index (χ3v) is 3.36. The molecule has 0 radical (unpaired) electrons. The molecule has 0 saturated carbocycles. The van der Waals surface area contributed by atoms with Gasteiger partial charge in [0.15, 0.2) is 5.82 Å². The number of hydrogen-bond donors (Lipinski definition) is 2. The molecular formula is C16H22N4O3. The molecule has 7 nitrogen and oxygen atoms in total. The van der Waals surface area contributed by atoms with Gasteiger partial charge in [-0.05, 0) is 30.5 Å². The Kier molecular flexibility index (Phi) is 6.68. The number of amides is 1. The summed E-state index contributed by atoms with van der Waals surface area (Å²) in [5, 5.41) is 16.5. The minimum absolute atomic E-state index is 0.105. The second-order valence-electron chi connectivity index (χ2n) is 5.31. The number of carbonyl (C=O) groups excluding carboxylic acids is 1. The van der Waals surface area contributed by atoms with Crippen molar-refractivity contribution in [1.82, 2.24) is 20.4 Å². The summed E-state index contributed by atoms with van der Waals surface area (Å²) in [6.45, 7) is 2.24. The van der Waals surface area contributed by atoms with Gasteiger partial charge in [0.25, 0.3) is 0 Å². The zero-order valence-corrected chi connectivity index (χ0v) is 13.2. The van der Waals surface area contributed by atoms with Crippen LogP contribution in [0.5, 0.6) is 0 Å². The standard InChI is InChI=1S/C16H22N4O3/c1-2-4-14-19-16(23-20-14)6-3-5-15(22)18-11-13(21)12-7-9-17-10-8-12/h7-10,13,21H,2-6,11H2,1H3,(H,18,22). The summed E-state index contributed by atoms with van der Waals surface area (Å²) in [6, 6.07) is 3.45. The summed E-state index contributed by atoms with van der Waals surface area (Å²) in [6.07, 6.45) is 5.83. The summed E-state index contributed by atoms with van der Waals surface area (Å²) in [4.78, 5) is 19.9. The number of carbonyl (C=O) groups is 1. The van der Waals surface area contributed by atoms with E-state index in [-0.39, 0.29) is 12.5 Å². The number of aliphatic hydroxyl groups excluding tert-OH is 1. The van der Waals surface area contributed by atoms with Crippen LogP contribution in [0.1, 0.15) is 49.6 Å². The first-order valence-corrected chi connectivity index (χ1v) is 7.85. The van der Waals surface area contributed by atoms with Gasteiger partial charge in [0, 0.05) is 38.2 Å². The van der Waals surface area contributed by atoms with E-state index in [0.29, 0.717) is 31.0 Å². The van der Waals surface area contributed by atoms with E-state index in [9.17, 15) is 9.90 Å². The first kappa shape index (κ1) is 17.1. The van der Waals surface area contributed by atoms with Gasteiger partial charge >= 0.3 is 0 Å². The number of aliphatic hydroxyl groups is 1. The molecule has 7 heteroatoms. The van der Waals surface area contributed by atoms with Crippen LogP contribution in [0.4, 0.5) is 0 Å². The van der Waals surface area contributed by atoms with E-state index in [0.717, 1.165) is 18.4 Å². The van der Waals surface area contributed by atoms with E-state index in [1.54, 1.807) is 24.5 Å². The molecule has 124 valence electrons. The molecule has 0 aromatic carbocycles. The topological polar surface area (TPSA) is 101 Å². The van der Waals surface area contributed by atoms with Crippen LogP contribution in [0.15, 0.2) is 29.0 Å². The Morgan fingerprint density at radius 3 is 2.87 bits per heavy atom. The molecule has 0 bridgehead atoms. The van der Waals surface area contributed by atoms with Crippen LogP contribution < -0.4 is 5.32 Å². The molecular weight excluding hydrogens is 296 g/mol. The van der Waals surface area contributed by atoms with Gasteiger partial charge in [0.05, 0.1) is 6.10 Å². The molecule has 0 fully saturated rings. The maximum Gasteiger partial charge on any atom is 0.226 e. The smallest absolute Gasteiger partial charge is 0.226 e. The molecule has 1 atom stereocenters. The van der Waals surface area contributed by atoms with E-state index in [2.05, 4.69) is 27.4 Å². The summed E-state index contributed by atoms with van der Waals surface area (Å²) < 4.78 is 5.12. The molecule has 0 aliphatic carbocycles. The Labute approximate surface area is 135 Å². The molecule has 2 aromatic rings. The zero-order valence-electron chi connectivity index (χ0n) is 13.2. The van der Waals surface area contributed by atoms with Gasteiger partial charge < -0.3 is 14.9 Å². The normalized spacial score (nSPS) is 12.1. The number of nitrogens with zero attached hydrogens (tertiary/aromatic N) is 3. The molecule has 0 aliphatic rings. The van der Waals surface area contributed by atoms with Gasteiger partial charge in [-0.15, -0.1) is 0 Å². The Morgan fingerprint density at radius 1 is 1.35 bits per heavy atom. The summed E-state index contributed by atoms with van der Waals surface area (Å²) in [5.41, 5.74) is 0.731. The van der Waals surface area contributed by atoms with Crippen molar-refractivity contribution >= 4 is 5.91 Å². The fraction of sp³-hybridized carbons (Fsp3) is 0.500. The highest BCUT2D eigenvalue weighted by Gasteiger charge is 2.10. The Balaban J connectivity index is 1.65. The van der Waals surface area contributed by atoms with Crippen molar-refractivity contribution in [2.24, 2.45) is 0 Å². The lowest BCUT2D eigenvalue weighted by Crippen LogP contribution is -2.28. The Hall–Kier alpha value is -2.28. The van der Waals surface area contributed by atoms with E-state index in [1.807, 2.05) is 0 Å². The monoisotopic (exact) mass is 318 g/mol. The number of rotatable bonds is 9. The lowest BCUT2D eigenvalue weighted by atomic mass is 10.1. The van der Waals surface area contributed by atoms with Crippen molar-refractivity contribution in [3.63, 3.8) is 0 Å². The van der Waals surface area contributed by atoms with Crippen molar-refractivity contribution in [1.29, 1.82) is 0 Å². The highest BCUT2D eigenvalue weighted by molar-refractivity contribution is 5.75. The highest BCUT2D eigenvalue weighted by Crippen LogP contribution is 2.10. The zero-order chi connectivity index (χ0) is 16.5. The van der Waals surface area contributed by atoms with Gasteiger partial charge in [-0.1, -0.05) is 12.1 Å². The van der Waals surface area contributed by atoms with Crippen molar-refractivity contribution in [3.05, 3.63) is 41.8 Å². The molecule has 2 N–H and O–H groups in total. The predicted octanol–water partition coefficient (Wildman–Crippen LogP) is 1.59. The first-order valence-electron chi connectivity index (χ1n) is 7.85. The first-order chi connectivity index (χ1) is 11.2. The second kappa shape index (κ2) is 8.99. The van der Waals surface area contributed by atoms with Crippen LogP contribution in [0, 0.1) is 0 Å². The number of aromatic nitrogens is 3. The maximum absolute atomic E-state index is 11.8. The average molecular weight is 318 g/mol. The van der Waals surface area contributed by atoms with E-state index >= 15 is 0 Å². The average Bonchev–Trinajstić information content (AvgIpc) is 3.01. The third-order valence-electron chi connectivity index (χ3n) is 3.36. The van der Waals surface area contributed by atoms with Crippen molar-refractivity contribution in [3.8, 4) is 0 Å². The number of hydrogen-bond acceptors (Lipinski definition) is 6. The minimum Gasteiger partial charge on any atom is -0.387 e. The SMILES string of the molecule is CCCc1noc(CCCC(=O)NCC(O)c2ccncc2)n1. The predicted molar refractivity (Wildman–Crippen MR) is 83.4 cm³/mol. The summed E-state index contributed by atoms with van der Waals surface area (Å²) >= 11 is 0. The molecule has 0 spiro atoms. The molecule has 1 unspecified atom stereocenters. The van der Waals surface area contributed by atoms with Crippen LogP contribution >= 0.6 is 0 Å². The number of pyridine rings is 1. The molecule has 2 heterocycles. The minimum atomic E-state index is -0.727. The van der Waals surface area contributed by atoms with Crippen LogP contribution in [-0.2, 0) is 17.6 Å². The van der Waals surface area contributed by atoms with Crippen LogP contribution in [-0.4, -0.2) is 32.7 Å². The highest BCUT2D eigenvalue weighted by atomic mass is 16.5. The van der Waals surface area contributed by atoms with Crippen LogP contribution in [0.25, 0.3) is 0 Å². The van der Waals surface area contributed by atoms with Gasteiger partial charge in [0.1, 0.15) is 0 Å². The Bertz CT molecular complexity index is 600. The van der Waals surface area contributed by atoms with Crippen LogP contribution in [0.3, 0.4) is 0 Å². The third kappa shape index (κ3) is 5.78. The maximum atomic E-state index is 11.8. The largest absolute Gasteiger partial charge is 0.387 e. The molecule has 0 aliphatic heterocycles. The Morgan fingerprint density at radius 2 is 2.13 bits per heavy atom. The summed E-state index contributed by atoms with van der Waals surface area (Å²) in [7, 11) is 0. The fourth-order valence-corrected chi connectivity index (χ4v) is 2.12. The quantitative estimate of drug-likeness (QED) is 0.728. The number of aryl methyl sites for hydroxylation is 2. The van der Waals surface area contributed by atoms with E-state index < -0.39 is 6.10 Å². The van der Waals surface area contributed by atoms with Crippen molar-refractivity contribution in [2.45, 2.75) is 45.1 Å². The molecule has 23 heavy (non-hydrogen) atoms. The summed E-state index contributed by atoms with van der Waals surface area (Å²) in [5.74, 6) is 1.18. The van der Waals surface area contributed by atoms with Gasteiger partial charge in [-0.25, -0.2) is 0 Å². The molecule has 2 aromatic heterocycles. The van der Waals surface area contributed by atoms with Crippen molar-refractivity contribution < 1.29 is 14.4 Å². The fourth-order valence-electron chi connectivity index (χ4n) is 2.12. The van der Waals surface area contributed by atoms with Gasteiger partial charge in [0.2, 0.25) is 11.8 Å².